The van der Waals surface area contributed by atoms with Crippen molar-refractivity contribution in [2.24, 2.45) is 5.73 Å². The minimum absolute atomic E-state index is 0.116. The lowest BCUT2D eigenvalue weighted by atomic mass is 10.0. The Kier molecular flexibility index (Phi) is 4.28. The van der Waals surface area contributed by atoms with Crippen molar-refractivity contribution < 1.29 is 4.79 Å². The molecule has 0 aliphatic heterocycles. The molecule has 0 atom stereocenters. The first-order valence-electron chi connectivity index (χ1n) is 5.76. The molecule has 92 valence electrons. The number of nitrogens with two attached hydrogens (primary N) is 1. The quantitative estimate of drug-likeness (QED) is 0.880. The molecule has 0 saturated heterocycles. The summed E-state index contributed by atoms with van der Waals surface area (Å²) in [6, 6.07) is 15.2. The highest BCUT2D eigenvalue weighted by atomic mass is 79.9. The minimum atomic E-state index is 0.116. The molecule has 3 heteroatoms. The predicted molar refractivity (Wildman–Crippen MR) is 76.5 cm³/mol. The molecule has 2 nitrogen and oxygen atoms in total. The van der Waals surface area contributed by atoms with E-state index in [-0.39, 0.29) is 5.78 Å². The van der Waals surface area contributed by atoms with Gasteiger partial charge < -0.3 is 5.73 Å². The molecular formula is C15H14BrNO. The van der Waals surface area contributed by atoms with Crippen LogP contribution in [-0.4, -0.2) is 5.78 Å². The van der Waals surface area contributed by atoms with E-state index in [0.29, 0.717) is 13.0 Å². The number of rotatable bonds is 4. The maximum atomic E-state index is 12.1. The molecule has 0 aliphatic carbocycles. The van der Waals surface area contributed by atoms with Crippen molar-refractivity contribution in [2.75, 3.05) is 0 Å². The molecule has 18 heavy (non-hydrogen) atoms. The Morgan fingerprint density at radius 2 is 1.72 bits per heavy atom. The van der Waals surface area contributed by atoms with Crippen LogP contribution in [0, 0.1) is 0 Å². The van der Waals surface area contributed by atoms with Crippen LogP contribution in [0.4, 0.5) is 0 Å². The number of carbonyl (C=O) groups excluding carboxylic acids is 1. The number of hydrogen-bond donors (Lipinski definition) is 1. The average Bonchev–Trinajstić information content (AvgIpc) is 2.41. The lowest BCUT2D eigenvalue weighted by molar-refractivity contribution is 0.0993. The van der Waals surface area contributed by atoms with Gasteiger partial charge in [0.2, 0.25) is 0 Å². The van der Waals surface area contributed by atoms with Crippen molar-refractivity contribution in [1.82, 2.24) is 0 Å². The van der Waals surface area contributed by atoms with Gasteiger partial charge in [-0.3, -0.25) is 4.79 Å². The van der Waals surface area contributed by atoms with Crippen LogP contribution in [0.2, 0.25) is 0 Å². The number of halogens is 1. The van der Waals surface area contributed by atoms with E-state index in [0.717, 1.165) is 21.2 Å². The molecule has 0 heterocycles. The summed E-state index contributed by atoms with van der Waals surface area (Å²) in [7, 11) is 0. The van der Waals surface area contributed by atoms with Gasteiger partial charge in [-0.25, -0.2) is 0 Å². The molecular weight excluding hydrogens is 290 g/mol. The van der Waals surface area contributed by atoms with Gasteiger partial charge >= 0.3 is 0 Å². The molecule has 0 amide bonds. The van der Waals surface area contributed by atoms with Crippen LogP contribution < -0.4 is 5.73 Å². The summed E-state index contributed by atoms with van der Waals surface area (Å²) in [5.74, 6) is 0.116. The van der Waals surface area contributed by atoms with Crippen LogP contribution in [-0.2, 0) is 13.0 Å². The van der Waals surface area contributed by atoms with Gasteiger partial charge in [-0.15, -0.1) is 0 Å². The fraction of sp³-hybridized carbons (Fsp3) is 0.133. The second-order valence-electron chi connectivity index (χ2n) is 4.09. The number of carbonyl (C=O) groups is 1. The molecule has 0 fully saturated rings. The summed E-state index contributed by atoms with van der Waals surface area (Å²) < 4.78 is 0.969. The Morgan fingerprint density at radius 1 is 1.06 bits per heavy atom. The molecule has 0 spiro atoms. The molecule has 0 aliphatic rings. The first-order valence-corrected chi connectivity index (χ1v) is 6.55. The Bertz CT molecular complexity index is 549. The average molecular weight is 304 g/mol. The lowest BCUT2D eigenvalue weighted by Crippen LogP contribution is -2.05. The minimum Gasteiger partial charge on any atom is -0.326 e. The molecule has 0 saturated carbocycles. The van der Waals surface area contributed by atoms with Crippen molar-refractivity contribution in [3.63, 3.8) is 0 Å². The van der Waals surface area contributed by atoms with Crippen LogP contribution in [0.3, 0.4) is 0 Å². The van der Waals surface area contributed by atoms with Gasteiger partial charge in [-0.05, 0) is 17.2 Å². The summed E-state index contributed by atoms with van der Waals surface area (Å²) in [5, 5.41) is 0. The van der Waals surface area contributed by atoms with E-state index >= 15 is 0 Å². The highest BCUT2D eigenvalue weighted by Crippen LogP contribution is 2.18. The van der Waals surface area contributed by atoms with E-state index in [4.69, 9.17) is 5.73 Å². The third-order valence-electron chi connectivity index (χ3n) is 2.82. The summed E-state index contributed by atoms with van der Waals surface area (Å²) >= 11 is 3.45. The Labute approximate surface area is 115 Å². The largest absolute Gasteiger partial charge is 0.326 e. The molecule has 0 bridgehead atoms. The smallest absolute Gasteiger partial charge is 0.167 e. The van der Waals surface area contributed by atoms with Crippen LogP contribution in [0.15, 0.2) is 53.0 Å². The van der Waals surface area contributed by atoms with E-state index in [9.17, 15) is 4.79 Å². The SMILES string of the molecule is NCc1ccc(C(=O)Cc2ccccc2Br)cc1. The monoisotopic (exact) mass is 303 g/mol. The Hall–Kier alpha value is -1.45. The van der Waals surface area contributed by atoms with Crippen molar-refractivity contribution in [2.45, 2.75) is 13.0 Å². The van der Waals surface area contributed by atoms with E-state index < -0.39 is 0 Å². The molecule has 2 aromatic rings. The van der Waals surface area contributed by atoms with E-state index in [1.807, 2.05) is 48.5 Å². The third kappa shape index (κ3) is 3.06. The van der Waals surface area contributed by atoms with Gasteiger partial charge in [0.05, 0.1) is 0 Å². The standard InChI is InChI=1S/C15H14BrNO/c16-14-4-2-1-3-13(14)9-15(18)12-7-5-11(10-17)6-8-12/h1-8H,9-10,17H2. The topological polar surface area (TPSA) is 43.1 Å². The normalized spacial score (nSPS) is 10.3. The molecule has 2 aromatic carbocycles. The second kappa shape index (κ2) is 5.94. The summed E-state index contributed by atoms with van der Waals surface area (Å²) in [4.78, 5) is 12.1. The zero-order chi connectivity index (χ0) is 13.0. The van der Waals surface area contributed by atoms with Crippen LogP contribution in [0.1, 0.15) is 21.5 Å². The maximum Gasteiger partial charge on any atom is 0.167 e. The molecule has 0 unspecified atom stereocenters. The van der Waals surface area contributed by atoms with Crippen molar-refractivity contribution in [3.8, 4) is 0 Å². The molecule has 2 rings (SSSR count). The molecule has 0 aromatic heterocycles. The van der Waals surface area contributed by atoms with Gasteiger partial charge in [-0.2, -0.15) is 0 Å². The van der Waals surface area contributed by atoms with Crippen molar-refractivity contribution in [3.05, 3.63) is 69.7 Å². The fourth-order valence-corrected chi connectivity index (χ4v) is 2.17. The number of benzene rings is 2. The lowest BCUT2D eigenvalue weighted by Gasteiger charge is -2.04. The summed E-state index contributed by atoms with van der Waals surface area (Å²) in [5.41, 5.74) is 8.29. The Balaban J connectivity index is 2.14. The molecule has 0 radical (unpaired) electrons. The first kappa shape index (κ1) is 13.0. The van der Waals surface area contributed by atoms with Gasteiger partial charge in [0.1, 0.15) is 0 Å². The second-order valence-corrected chi connectivity index (χ2v) is 4.95. The van der Waals surface area contributed by atoms with E-state index in [1.54, 1.807) is 0 Å². The highest BCUT2D eigenvalue weighted by molar-refractivity contribution is 9.10. The van der Waals surface area contributed by atoms with Crippen molar-refractivity contribution >= 4 is 21.7 Å². The van der Waals surface area contributed by atoms with E-state index in [2.05, 4.69) is 15.9 Å². The predicted octanol–water partition coefficient (Wildman–Crippen LogP) is 3.33. The first-order chi connectivity index (χ1) is 8.70. The van der Waals surface area contributed by atoms with Gasteiger partial charge in [-0.1, -0.05) is 58.4 Å². The molecule has 2 N–H and O–H groups in total. The summed E-state index contributed by atoms with van der Waals surface area (Å²) in [6.07, 6.45) is 0.406. The van der Waals surface area contributed by atoms with E-state index in [1.165, 1.54) is 0 Å². The van der Waals surface area contributed by atoms with Crippen LogP contribution in [0.25, 0.3) is 0 Å². The third-order valence-corrected chi connectivity index (χ3v) is 3.59. The van der Waals surface area contributed by atoms with Crippen LogP contribution in [0.5, 0.6) is 0 Å². The highest BCUT2D eigenvalue weighted by Gasteiger charge is 2.08. The van der Waals surface area contributed by atoms with Crippen molar-refractivity contribution in [1.29, 1.82) is 0 Å². The van der Waals surface area contributed by atoms with Gasteiger partial charge in [0.25, 0.3) is 0 Å². The summed E-state index contributed by atoms with van der Waals surface area (Å²) in [6.45, 7) is 0.499. The zero-order valence-electron chi connectivity index (χ0n) is 9.90. The number of hydrogen-bond acceptors (Lipinski definition) is 2. The fourth-order valence-electron chi connectivity index (χ4n) is 1.74. The van der Waals surface area contributed by atoms with Gasteiger partial charge in [0.15, 0.2) is 5.78 Å². The number of Topliss-reactive ketones (excluding diaryl/α,β-unsaturated/α-hetero) is 1. The number of ketones is 1. The van der Waals surface area contributed by atoms with Gasteiger partial charge in [0, 0.05) is 23.0 Å². The zero-order valence-corrected chi connectivity index (χ0v) is 11.5. The Morgan fingerprint density at radius 3 is 2.33 bits per heavy atom. The van der Waals surface area contributed by atoms with Crippen LogP contribution >= 0.6 is 15.9 Å². The maximum absolute atomic E-state index is 12.1.